The maximum absolute atomic E-state index is 11.6. The highest BCUT2D eigenvalue weighted by atomic mass is 16.5. The van der Waals surface area contributed by atoms with Crippen molar-refractivity contribution in [1.29, 1.82) is 0 Å². The molecule has 0 fully saturated rings. The van der Waals surface area contributed by atoms with Crippen LogP contribution in [0.15, 0.2) is 12.3 Å². The van der Waals surface area contributed by atoms with Crippen molar-refractivity contribution in [2.75, 3.05) is 20.2 Å². The van der Waals surface area contributed by atoms with Crippen molar-refractivity contribution in [2.24, 2.45) is 0 Å². The fraction of sp³-hybridized carbons (Fsp3) is 0.700. The molecule has 0 aromatic rings. The second-order valence-electron chi connectivity index (χ2n) is 3.53. The molecular weight excluding hydrogens is 180 g/mol. The van der Waals surface area contributed by atoms with Crippen LogP contribution in [0, 0.1) is 0 Å². The zero-order valence-electron chi connectivity index (χ0n) is 9.44. The quantitative estimate of drug-likeness (QED) is 0.662. The van der Waals surface area contributed by atoms with E-state index in [9.17, 15) is 4.79 Å². The minimum absolute atomic E-state index is 0.167. The van der Waals surface area contributed by atoms with Crippen LogP contribution in [0.2, 0.25) is 0 Å². The molecule has 82 valence electrons. The van der Waals surface area contributed by atoms with E-state index >= 15 is 0 Å². The Balaban J connectivity index is 4.12. The van der Waals surface area contributed by atoms with Crippen molar-refractivity contribution in [2.45, 2.75) is 26.4 Å². The first-order chi connectivity index (χ1) is 6.44. The third-order valence-corrected chi connectivity index (χ3v) is 1.73. The summed E-state index contributed by atoms with van der Waals surface area (Å²) in [6.07, 6.45) is 0. The maximum atomic E-state index is 11.6. The second kappa shape index (κ2) is 5.78. The number of hydrogen-bond acceptors (Lipinski definition) is 3. The van der Waals surface area contributed by atoms with Crippen LogP contribution in [0.25, 0.3) is 0 Å². The smallest absolute Gasteiger partial charge is 0.255 e. The Morgan fingerprint density at radius 1 is 1.50 bits per heavy atom. The minimum Gasteiger partial charge on any atom is -0.366 e. The molecule has 0 saturated heterocycles. The molecule has 0 radical (unpaired) electrons. The Kier molecular flexibility index (Phi) is 5.42. The van der Waals surface area contributed by atoms with Gasteiger partial charge in [-0.2, -0.15) is 0 Å². The van der Waals surface area contributed by atoms with Gasteiger partial charge in [-0.15, -0.1) is 0 Å². The molecule has 0 spiro atoms. The van der Waals surface area contributed by atoms with Crippen LogP contribution in [0.5, 0.6) is 0 Å². The van der Waals surface area contributed by atoms with Crippen LogP contribution in [0.4, 0.5) is 0 Å². The number of nitrogens with one attached hydrogen (secondary N) is 2. The van der Waals surface area contributed by atoms with E-state index < -0.39 is 5.60 Å². The fourth-order valence-corrected chi connectivity index (χ4v) is 0.995. The van der Waals surface area contributed by atoms with Gasteiger partial charge in [0.05, 0.1) is 0 Å². The van der Waals surface area contributed by atoms with Crippen LogP contribution in [-0.4, -0.2) is 31.7 Å². The van der Waals surface area contributed by atoms with Crippen molar-refractivity contribution in [3.63, 3.8) is 0 Å². The number of carbonyl (C=O) groups excluding carboxylic acids is 1. The predicted molar refractivity (Wildman–Crippen MR) is 56.9 cm³/mol. The molecule has 0 aliphatic rings. The summed E-state index contributed by atoms with van der Waals surface area (Å²) in [5, 5.41) is 5.59. The Labute approximate surface area is 85.7 Å². The molecule has 0 rings (SSSR count). The SMILES string of the molecule is C=C(CNC)NC(=O)C(C)(C)OCC. The fourth-order valence-electron chi connectivity index (χ4n) is 0.995. The lowest BCUT2D eigenvalue weighted by Gasteiger charge is -2.23. The average Bonchev–Trinajstić information content (AvgIpc) is 2.04. The molecule has 2 N–H and O–H groups in total. The molecule has 0 unspecified atom stereocenters. The molecule has 0 aliphatic carbocycles. The highest BCUT2D eigenvalue weighted by Crippen LogP contribution is 2.09. The molecule has 0 saturated carbocycles. The summed E-state index contributed by atoms with van der Waals surface area (Å²) in [5.74, 6) is -0.167. The molecule has 0 heterocycles. The molecule has 14 heavy (non-hydrogen) atoms. The molecule has 0 aromatic carbocycles. The molecule has 0 atom stereocenters. The van der Waals surface area contributed by atoms with Gasteiger partial charge >= 0.3 is 0 Å². The molecule has 4 heteroatoms. The number of hydrogen-bond donors (Lipinski definition) is 2. The molecule has 0 aliphatic heterocycles. The van der Waals surface area contributed by atoms with E-state index in [1.54, 1.807) is 20.9 Å². The highest BCUT2D eigenvalue weighted by Gasteiger charge is 2.27. The first-order valence-electron chi connectivity index (χ1n) is 4.71. The van der Waals surface area contributed by atoms with Gasteiger partial charge in [0.1, 0.15) is 5.60 Å². The normalized spacial score (nSPS) is 11.1. The molecule has 4 nitrogen and oxygen atoms in total. The van der Waals surface area contributed by atoms with E-state index in [0.717, 1.165) is 0 Å². The van der Waals surface area contributed by atoms with E-state index in [-0.39, 0.29) is 5.91 Å². The van der Waals surface area contributed by atoms with Crippen molar-refractivity contribution in [3.8, 4) is 0 Å². The van der Waals surface area contributed by atoms with Gasteiger partial charge in [-0.1, -0.05) is 6.58 Å². The van der Waals surface area contributed by atoms with Crippen molar-refractivity contribution < 1.29 is 9.53 Å². The standard InChI is InChI=1S/C10H20N2O2/c1-6-14-10(3,4)9(13)12-8(2)7-11-5/h11H,2,6-7H2,1,3-5H3,(H,12,13). The van der Waals surface area contributed by atoms with Gasteiger partial charge in [-0.05, 0) is 27.8 Å². The van der Waals surface area contributed by atoms with Crippen molar-refractivity contribution in [3.05, 3.63) is 12.3 Å². The summed E-state index contributed by atoms with van der Waals surface area (Å²) in [6, 6.07) is 0. The predicted octanol–water partition coefficient (Wildman–Crippen LogP) is 0.651. The molecule has 0 aromatic heterocycles. The summed E-state index contributed by atoms with van der Waals surface area (Å²) < 4.78 is 5.30. The third-order valence-electron chi connectivity index (χ3n) is 1.73. The maximum Gasteiger partial charge on any atom is 0.255 e. The summed E-state index contributed by atoms with van der Waals surface area (Å²) >= 11 is 0. The van der Waals surface area contributed by atoms with E-state index in [1.165, 1.54) is 0 Å². The first-order valence-corrected chi connectivity index (χ1v) is 4.71. The highest BCUT2D eigenvalue weighted by molar-refractivity contribution is 5.85. The summed E-state index contributed by atoms with van der Waals surface area (Å²) in [6.45, 7) is 10.1. The lowest BCUT2D eigenvalue weighted by atomic mass is 10.1. The number of amides is 1. The Morgan fingerprint density at radius 2 is 2.07 bits per heavy atom. The third kappa shape index (κ3) is 4.39. The summed E-state index contributed by atoms with van der Waals surface area (Å²) in [7, 11) is 1.80. The lowest BCUT2D eigenvalue weighted by Crippen LogP contribution is -2.44. The molecular formula is C10H20N2O2. The van der Waals surface area contributed by atoms with Gasteiger partial charge in [0, 0.05) is 18.8 Å². The topological polar surface area (TPSA) is 50.4 Å². The number of likely N-dealkylation sites (N-methyl/N-ethyl adjacent to an activating group) is 1. The Hall–Kier alpha value is -0.870. The van der Waals surface area contributed by atoms with E-state index in [4.69, 9.17) is 4.74 Å². The zero-order valence-corrected chi connectivity index (χ0v) is 9.44. The number of carbonyl (C=O) groups is 1. The van der Waals surface area contributed by atoms with E-state index in [1.807, 2.05) is 6.92 Å². The molecule has 1 amide bonds. The van der Waals surface area contributed by atoms with Crippen LogP contribution in [-0.2, 0) is 9.53 Å². The first kappa shape index (κ1) is 13.1. The largest absolute Gasteiger partial charge is 0.366 e. The van der Waals surface area contributed by atoms with Gasteiger partial charge in [0.2, 0.25) is 0 Å². The van der Waals surface area contributed by atoms with Gasteiger partial charge < -0.3 is 15.4 Å². The average molecular weight is 200 g/mol. The Morgan fingerprint density at radius 3 is 2.50 bits per heavy atom. The molecule has 0 bridgehead atoms. The summed E-state index contributed by atoms with van der Waals surface area (Å²) in [4.78, 5) is 11.6. The minimum atomic E-state index is -0.800. The van der Waals surface area contributed by atoms with Crippen LogP contribution in [0.1, 0.15) is 20.8 Å². The second-order valence-corrected chi connectivity index (χ2v) is 3.53. The van der Waals surface area contributed by atoms with Gasteiger partial charge in [-0.3, -0.25) is 4.79 Å². The number of ether oxygens (including phenoxy) is 1. The van der Waals surface area contributed by atoms with Gasteiger partial charge in [-0.25, -0.2) is 0 Å². The van der Waals surface area contributed by atoms with Gasteiger partial charge in [0.25, 0.3) is 5.91 Å². The van der Waals surface area contributed by atoms with Crippen molar-refractivity contribution in [1.82, 2.24) is 10.6 Å². The Bertz CT molecular complexity index is 212. The van der Waals surface area contributed by atoms with Crippen LogP contribution >= 0.6 is 0 Å². The van der Waals surface area contributed by atoms with E-state index in [0.29, 0.717) is 18.8 Å². The van der Waals surface area contributed by atoms with Gasteiger partial charge in [0.15, 0.2) is 0 Å². The van der Waals surface area contributed by atoms with E-state index in [2.05, 4.69) is 17.2 Å². The lowest BCUT2D eigenvalue weighted by molar-refractivity contribution is -0.141. The monoisotopic (exact) mass is 200 g/mol. The van der Waals surface area contributed by atoms with Crippen LogP contribution in [0.3, 0.4) is 0 Å². The zero-order chi connectivity index (χ0) is 11.2. The summed E-state index contributed by atoms with van der Waals surface area (Å²) in [5.41, 5.74) is -0.156. The van der Waals surface area contributed by atoms with Crippen molar-refractivity contribution >= 4 is 5.91 Å². The number of rotatable bonds is 6. The van der Waals surface area contributed by atoms with Crippen LogP contribution < -0.4 is 10.6 Å².